The number of carbonyl (C=O) groups excluding carboxylic acids is 1. The summed E-state index contributed by atoms with van der Waals surface area (Å²) in [6, 6.07) is 16.2. The Morgan fingerprint density at radius 1 is 0.963 bits per heavy atom. The van der Waals surface area contributed by atoms with Crippen LogP contribution in [0.25, 0.3) is 5.57 Å². The van der Waals surface area contributed by atoms with Crippen molar-refractivity contribution in [1.82, 2.24) is 4.90 Å². The Kier molecular flexibility index (Phi) is 5.58. The predicted molar refractivity (Wildman–Crippen MR) is 115 cm³/mol. The zero-order valence-corrected chi connectivity index (χ0v) is 17.0. The van der Waals surface area contributed by atoms with E-state index in [1.54, 1.807) is 6.08 Å². The van der Waals surface area contributed by atoms with Crippen LogP contribution in [0.2, 0.25) is 0 Å². The molecule has 0 radical (unpaired) electrons. The second-order valence-electron chi connectivity index (χ2n) is 7.30. The Morgan fingerprint density at radius 2 is 1.74 bits per heavy atom. The highest BCUT2D eigenvalue weighted by molar-refractivity contribution is 9.10. The van der Waals surface area contributed by atoms with Gasteiger partial charge in [-0.2, -0.15) is 0 Å². The molecular weight excluding hydrogens is 398 g/mol. The Bertz CT molecular complexity index is 904. The van der Waals surface area contributed by atoms with Gasteiger partial charge in [0.1, 0.15) is 0 Å². The molecule has 1 heterocycles. The fourth-order valence-electron chi connectivity index (χ4n) is 4.07. The van der Waals surface area contributed by atoms with Crippen molar-refractivity contribution < 1.29 is 4.79 Å². The molecule has 2 aliphatic rings. The predicted octanol–water partition coefficient (Wildman–Crippen LogP) is 6.03. The van der Waals surface area contributed by atoms with Crippen molar-refractivity contribution in [2.75, 3.05) is 13.1 Å². The maximum Gasteiger partial charge on any atom is 0.185 e. The minimum Gasteiger partial charge on any atom is -0.374 e. The first-order chi connectivity index (χ1) is 13.2. The highest BCUT2D eigenvalue weighted by Crippen LogP contribution is 2.36. The summed E-state index contributed by atoms with van der Waals surface area (Å²) < 4.78 is 0.928. The first kappa shape index (κ1) is 18.2. The number of allylic oxidation sites excluding steroid dienone is 4. The molecule has 0 amide bonds. The van der Waals surface area contributed by atoms with E-state index in [9.17, 15) is 4.79 Å². The van der Waals surface area contributed by atoms with Gasteiger partial charge in [0.25, 0.3) is 0 Å². The fourth-order valence-corrected chi connectivity index (χ4v) is 4.47. The van der Waals surface area contributed by atoms with Gasteiger partial charge in [0, 0.05) is 40.8 Å². The maximum absolute atomic E-state index is 12.7. The second kappa shape index (κ2) is 8.26. The zero-order chi connectivity index (χ0) is 18.6. The third-order valence-corrected chi connectivity index (χ3v) is 5.97. The number of benzene rings is 2. The molecule has 0 N–H and O–H groups in total. The number of hydrogen-bond acceptors (Lipinski definition) is 2. The monoisotopic (exact) mass is 421 g/mol. The van der Waals surface area contributed by atoms with Gasteiger partial charge in [-0.25, -0.2) is 0 Å². The van der Waals surface area contributed by atoms with E-state index in [1.165, 1.54) is 48.1 Å². The normalized spacial score (nSPS) is 17.3. The van der Waals surface area contributed by atoms with Gasteiger partial charge in [-0.3, -0.25) is 4.79 Å². The summed E-state index contributed by atoms with van der Waals surface area (Å²) in [4.78, 5) is 15.2. The molecule has 1 aliphatic carbocycles. The molecule has 0 saturated carbocycles. The first-order valence-corrected chi connectivity index (χ1v) is 10.6. The molecule has 1 aliphatic heterocycles. The minimum absolute atomic E-state index is 0.0448. The summed E-state index contributed by atoms with van der Waals surface area (Å²) in [5.41, 5.74) is 5.96. The molecule has 2 aromatic carbocycles. The third-order valence-electron chi connectivity index (χ3n) is 5.47. The molecule has 0 aromatic heterocycles. The van der Waals surface area contributed by atoms with E-state index < -0.39 is 0 Å². The highest BCUT2D eigenvalue weighted by Gasteiger charge is 2.24. The minimum atomic E-state index is 0.0448. The quantitative estimate of drug-likeness (QED) is 0.443. The average Bonchev–Trinajstić information content (AvgIpc) is 2.85. The summed E-state index contributed by atoms with van der Waals surface area (Å²) in [5, 5.41) is 0. The van der Waals surface area contributed by atoms with Crippen molar-refractivity contribution >= 4 is 27.3 Å². The Balaban J connectivity index is 1.66. The van der Waals surface area contributed by atoms with Crippen LogP contribution in [0, 0.1) is 0 Å². The van der Waals surface area contributed by atoms with E-state index in [0.717, 1.165) is 24.0 Å². The number of ketones is 1. The van der Waals surface area contributed by atoms with Gasteiger partial charge in [-0.05, 0) is 48.3 Å². The topological polar surface area (TPSA) is 20.3 Å². The van der Waals surface area contributed by atoms with Crippen molar-refractivity contribution in [3.63, 3.8) is 0 Å². The molecule has 0 spiro atoms. The van der Waals surface area contributed by atoms with Crippen LogP contribution < -0.4 is 0 Å². The van der Waals surface area contributed by atoms with Crippen LogP contribution in [0.5, 0.6) is 0 Å². The summed E-state index contributed by atoms with van der Waals surface area (Å²) in [6.45, 7) is 2.25. The van der Waals surface area contributed by atoms with E-state index in [2.05, 4.69) is 45.1 Å². The number of carbonyl (C=O) groups is 1. The van der Waals surface area contributed by atoms with Crippen molar-refractivity contribution in [1.29, 1.82) is 0 Å². The molecule has 3 heteroatoms. The van der Waals surface area contributed by atoms with Crippen molar-refractivity contribution in [2.24, 2.45) is 0 Å². The SMILES string of the molecule is O=C(/C=C\C1=C(N2CCCCCC2)Cc2ccccc21)c1cccc(Br)c1. The lowest BCUT2D eigenvalue weighted by Gasteiger charge is -2.25. The van der Waals surface area contributed by atoms with Gasteiger partial charge in [0.15, 0.2) is 5.78 Å². The molecule has 4 rings (SSSR count). The molecule has 138 valence electrons. The lowest BCUT2D eigenvalue weighted by atomic mass is 10.0. The standard InChI is InChI=1S/C24H24BrNO/c25-20-10-7-9-19(16-20)24(27)13-12-22-21-11-4-3-8-18(21)17-23(22)26-14-5-1-2-6-15-26/h3-4,7-13,16H,1-2,5-6,14-15,17H2/b13-12-. The third kappa shape index (κ3) is 4.08. The fraction of sp³-hybridized carbons (Fsp3) is 0.292. The Morgan fingerprint density at radius 3 is 2.52 bits per heavy atom. The van der Waals surface area contributed by atoms with E-state index in [-0.39, 0.29) is 5.78 Å². The lowest BCUT2D eigenvalue weighted by Crippen LogP contribution is -2.24. The molecular formula is C24H24BrNO. The molecule has 2 aromatic rings. The number of hydrogen-bond donors (Lipinski definition) is 0. The average molecular weight is 422 g/mol. The van der Waals surface area contributed by atoms with Crippen LogP contribution in [0.1, 0.15) is 47.2 Å². The van der Waals surface area contributed by atoms with Crippen LogP contribution in [-0.4, -0.2) is 23.8 Å². The molecule has 27 heavy (non-hydrogen) atoms. The zero-order valence-electron chi connectivity index (χ0n) is 15.5. The summed E-state index contributed by atoms with van der Waals surface area (Å²) in [6.07, 6.45) is 9.90. The van der Waals surface area contributed by atoms with E-state index in [0.29, 0.717) is 5.56 Å². The summed E-state index contributed by atoms with van der Waals surface area (Å²) in [7, 11) is 0. The van der Waals surface area contributed by atoms with Gasteiger partial charge in [0.05, 0.1) is 0 Å². The number of halogens is 1. The van der Waals surface area contributed by atoms with Crippen LogP contribution in [-0.2, 0) is 6.42 Å². The van der Waals surface area contributed by atoms with E-state index in [4.69, 9.17) is 0 Å². The molecule has 0 bridgehead atoms. The smallest absolute Gasteiger partial charge is 0.185 e. The van der Waals surface area contributed by atoms with Crippen LogP contribution >= 0.6 is 15.9 Å². The molecule has 1 fully saturated rings. The van der Waals surface area contributed by atoms with Crippen molar-refractivity contribution in [3.8, 4) is 0 Å². The largest absolute Gasteiger partial charge is 0.374 e. The number of likely N-dealkylation sites (tertiary alicyclic amines) is 1. The van der Waals surface area contributed by atoms with Gasteiger partial charge in [-0.15, -0.1) is 0 Å². The molecule has 2 nitrogen and oxygen atoms in total. The van der Waals surface area contributed by atoms with E-state index in [1.807, 2.05) is 30.3 Å². The lowest BCUT2D eigenvalue weighted by molar-refractivity contribution is 0.104. The molecule has 0 atom stereocenters. The first-order valence-electron chi connectivity index (χ1n) is 9.77. The molecule has 1 saturated heterocycles. The summed E-state index contributed by atoms with van der Waals surface area (Å²) in [5.74, 6) is 0.0448. The van der Waals surface area contributed by atoms with Gasteiger partial charge in [-0.1, -0.05) is 65.2 Å². The Labute approximate surface area is 169 Å². The van der Waals surface area contributed by atoms with Crippen LogP contribution in [0.4, 0.5) is 0 Å². The Hall–Kier alpha value is -2.13. The van der Waals surface area contributed by atoms with Gasteiger partial charge >= 0.3 is 0 Å². The van der Waals surface area contributed by atoms with Gasteiger partial charge in [0.2, 0.25) is 0 Å². The summed E-state index contributed by atoms with van der Waals surface area (Å²) >= 11 is 3.45. The second-order valence-corrected chi connectivity index (χ2v) is 8.22. The molecule has 0 unspecified atom stereocenters. The number of rotatable bonds is 4. The number of nitrogens with zero attached hydrogens (tertiary/aromatic N) is 1. The van der Waals surface area contributed by atoms with E-state index >= 15 is 0 Å². The van der Waals surface area contributed by atoms with Gasteiger partial charge < -0.3 is 4.90 Å². The highest BCUT2D eigenvalue weighted by atomic mass is 79.9. The number of fused-ring (bicyclic) bond motifs is 1. The van der Waals surface area contributed by atoms with Crippen LogP contribution in [0.3, 0.4) is 0 Å². The van der Waals surface area contributed by atoms with Crippen LogP contribution in [0.15, 0.2) is 70.9 Å². The maximum atomic E-state index is 12.7. The van der Waals surface area contributed by atoms with Crippen molar-refractivity contribution in [3.05, 3.63) is 87.5 Å². The van der Waals surface area contributed by atoms with Crippen molar-refractivity contribution in [2.45, 2.75) is 32.1 Å².